The van der Waals surface area contributed by atoms with E-state index in [1.165, 1.54) is 7.11 Å². The third kappa shape index (κ3) is 1.90. The average Bonchev–Trinajstić information content (AvgIpc) is 2.98. The van der Waals surface area contributed by atoms with E-state index in [9.17, 15) is 4.79 Å². The molecular formula is C13H15NO4. The third-order valence-corrected chi connectivity index (χ3v) is 3.34. The van der Waals surface area contributed by atoms with Gasteiger partial charge in [0.15, 0.2) is 6.29 Å². The molecule has 5 heteroatoms. The molecule has 0 amide bonds. The molecule has 2 heterocycles. The Morgan fingerprint density at radius 1 is 1.33 bits per heavy atom. The van der Waals surface area contributed by atoms with Crippen molar-refractivity contribution in [1.82, 2.24) is 5.32 Å². The molecule has 1 aromatic rings. The van der Waals surface area contributed by atoms with E-state index in [2.05, 4.69) is 5.32 Å². The molecule has 1 N–H and O–H groups in total. The first-order valence-electron chi connectivity index (χ1n) is 5.96. The summed E-state index contributed by atoms with van der Waals surface area (Å²) in [5.74, 6) is -0.306. The SMILES string of the molecule is COC(=O)C1NCC2OC(c3ccccc3)OC21. The number of fused-ring (bicyclic) bond motifs is 1. The zero-order chi connectivity index (χ0) is 12.5. The van der Waals surface area contributed by atoms with Gasteiger partial charge < -0.3 is 14.2 Å². The van der Waals surface area contributed by atoms with Crippen LogP contribution in [0, 0.1) is 0 Å². The number of nitrogens with one attached hydrogen (secondary N) is 1. The monoisotopic (exact) mass is 249 g/mol. The van der Waals surface area contributed by atoms with E-state index in [1.807, 2.05) is 30.3 Å². The average molecular weight is 249 g/mol. The van der Waals surface area contributed by atoms with E-state index in [0.29, 0.717) is 6.54 Å². The van der Waals surface area contributed by atoms with Gasteiger partial charge in [0.25, 0.3) is 0 Å². The maximum absolute atomic E-state index is 11.6. The van der Waals surface area contributed by atoms with Crippen LogP contribution in [0.25, 0.3) is 0 Å². The Morgan fingerprint density at radius 2 is 2.11 bits per heavy atom. The first kappa shape index (κ1) is 11.6. The fraction of sp³-hybridized carbons (Fsp3) is 0.462. The highest BCUT2D eigenvalue weighted by Gasteiger charge is 2.49. The molecule has 0 bridgehead atoms. The van der Waals surface area contributed by atoms with Gasteiger partial charge in [0.05, 0.1) is 7.11 Å². The van der Waals surface area contributed by atoms with Gasteiger partial charge in [-0.15, -0.1) is 0 Å². The van der Waals surface area contributed by atoms with Gasteiger partial charge in [0, 0.05) is 12.1 Å². The van der Waals surface area contributed by atoms with Crippen molar-refractivity contribution in [2.24, 2.45) is 0 Å². The Hall–Kier alpha value is -1.43. The molecule has 1 aromatic carbocycles. The molecule has 2 saturated heterocycles. The Morgan fingerprint density at radius 3 is 2.83 bits per heavy atom. The van der Waals surface area contributed by atoms with Crippen LogP contribution in [0.2, 0.25) is 0 Å². The molecule has 5 nitrogen and oxygen atoms in total. The molecule has 0 aromatic heterocycles. The molecule has 4 unspecified atom stereocenters. The zero-order valence-corrected chi connectivity index (χ0v) is 10.0. The standard InChI is InChI=1S/C13H15NO4/c1-16-12(15)10-11-9(7-14-10)17-13(18-11)8-5-3-2-4-6-8/h2-6,9-11,13-14H,7H2,1H3. The smallest absolute Gasteiger partial charge is 0.325 e. The van der Waals surface area contributed by atoms with E-state index < -0.39 is 12.3 Å². The summed E-state index contributed by atoms with van der Waals surface area (Å²) in [4.78, 5) is 11.6. The van der Waals surface area contributed by atoms with Gasteiger partial charge >= 0.3 is 5.97 Å². The van der Waals surface area contributed by atoms with Crippen molar-refractivity contribution in [3.8, 4) is 0 Å². The van der Waals surface area contributed by atoms with Crippen LogP contribution in [0.1, 0.15) is 11.9 Å². The minimum Gasteiger partial charge on any atom is -0.468 e. The first-order chi connectivity index (χ1) is 8.79. The fourth-order valence-corrected chi connectivity index (χ4v) is 2.43. The lowest BCUT2D eigenvalue weighted by Crippen LogP contribution is -2.40. The number of benzene rings is 1. The van der Waals surface area contributed by atoms with Crippen LogP contribution >= 0.6 is 0 Å². The number of ether oxygens (including phenoxy) is 3. The second-order valence-electron chi connectivity index (χ2n) is 4.43. The van der Waals surface area contributed by atoms with Crippen molar-refractivity contribution >= 4 is 5.97 Å². The van der Waals surface area contributed by atoms with Gasteiger partial charge in [0.1, 0.15) is 18.2 Å². The van der Waals surface area contributed by atoms with Gasteiger partial charge in [-0.05, 0) is 0 Å². The molecule has 96 valence electrons. The molecule has 0 saturated carbocycles. The highest BCUT2D eigenvalue weighted by Crippen LogP contribution is 2.35. The third-order valence-electron chi connectivity index (χ3n) is 3.34. The van der Waals surface area contributed by atoms with Crippen molar-refractivity contribution in [3.05, 3.63) is 35.9 Å². The van der Waals surface area contributed by atoms with E-state index in [4.69, 9.17) is 14.2 Å². The Bertz CT molecular complexity index is 436. The fourth-order valence-electron chi connectivity index (χ4n) is 2.43. The van der Waals surface area contributed by atoms with Crippen LogP contribution in [0.4, 0.5) is 0 Å². The predicted octanol–water partition coefficient (Wildman–Crippen LogP) is 0.614. The Labute approximate surface area is 105 Å². The van der Waals surface area contributed by atoms with Crippen LogP contribution in [0.5, 0.6) is 0 Å². The highest BCUT2D eigenvalue weighted by molar-refractivity contribution is 5.77. The summed E-state index contributed by atoms with van der Waals surface area (Å²) in [6.45, 7) is 0.605. The number of methoxy groups -OCH3 is 1. The summed E-state index contributed by atoms with van der Waals surface area (Å²) in [6.07, 6.45) is -0.766. The molecule has 2 aliphatic rings. The molecule has 2 aliphatic heterocycles. The summed E-state index contributed by atoms with van der Waals surface area (Å²) < 4.78 is 16.4. The Balaban J connectivity index is 1.74. The van der Waals surface area contributed by atoms with Crippen molar-refractivity contribution < 1.29 is 19.0 Å². The minimum absolute atomic E-state index is 0.0979. The normalized spacial score (nSPS) is 34.3. The van der Waals surface area contributed by atoms with Crippen LogP contribution in [-0.4, -0.2) is 37.9 Å². The molecular weight excluding hydrogens is 234 g/mol. The maximum Gasteiger partial charge on any atom is 0.325 e. The van der Waals surface area contributed by atoms with Gasteiger partial charge in [-0.1, -0.05) is 30.3 Å². The second kappa shape index (κ2) is 4.68. The number of esters is 1. The van der Waals surface area contributed by atoms with Crippen molar-refractivity contribution in [3.63, 3.8) is 0 Å². The summed E-state index contributed by atoms with van der Waals surface area (Å²) in [7, 11) is 1.38. The lowest BCUT2D eigenvalue weighted by atomic mass is 10.1. The summed E-state index contributed by atoms with van der Waals surface area (Å²) in [5.41, 5.74) is 0.968. The summed E-state index contributed by atoms with van der Waals surface area (Å²) in [6, 6.07) is 9.28. The Kier molecular flexibility index (Phi) is 3.03. The lowest BCUT2D eigenvalue weighted by Gasteiger charge is -2.16. The molecule has 0 spiro atoms. The minimum atomic E-state index is -0.436. The second-order valence-corrected chi connectivity index (χ2v) is 4.43. The molecule has 3 rings (SSSR count). The molecule has 0 aliphatic carbocycles. The van der Waals surface area contributed by atoms with Gasteiger partial charge in [0.2, 0.25) is 0 Å². The van der Waals surface area contributed by atoms with Gasteiger partial charge in [-0.25, -0.2) is 0 Å². The number of hydrogen-bond acceptors (Lipinski definition) is 5. The highest BCUT2D eigenvalue weighted by atomic mass is 16.7. The van der Waals surface area contributed by atoms with Crippen LogP contribution in [0.3, 0.4) is 0 Å². The number of carbonyl (C=O) groups excluding carboxylic acids is 1. The van der Waals surface area contributed by atoms with Crippen molar-refractivity contribution in [2.45, 2.75) is 24.5 Å². The first-order valence-corrected chi connectivity index (χ1v) is 5.96. The van der Waals surface area contributed by atoms with Crippen molar-refractivity contribution in [2.75, 3.05) is 13.7 Å². The van der Waals surface area contributed by atoms with Crippen LogP contribution < -0.4 is 5.32 Å². The quantitative estimate of drug-likeness (QED) is 0.778. The number of rotatable bonds is 2. The molecule has 18 heavy (non-hydrogen) atoms. The van der Waals surface area contributed by atoms with E-state index in [-0.39, 0.29) is 18.2 Å². The zero-order valence-electron chi connectivity index (χ0n) is 10.0. The predicted molar refractivity (Wildman–Crippen MR) is 62.7 cm³/mol. The van der Waals surface area contributed by atoms with E-state index in [0.717, 1.165) is 5.56 Å². The van der Waals surface area contributed by atoms with Crippen molar-refractivity contribution in [1.29, 1.82) is 0 Å². The van der Waals surface area contributed by atoms with E-state index in [1.54, 1.807) is 0 Å². The maximum atomic E-state index is 11.6. The molecule has 2 fully saturated rings. The molecule has 0 radical (unpaired) electrons. The van der Waals surface area contributed by atoms with Gasteiger partial charge in [-0.2, -0.15) is 0 Å². The topological polar surface area (TPSA) is 56.8 Å². The summed E-state index contributed by atoms with van der Waals surface area (Å²) in [5, 5.41) is 3.06. The molecule has 4 atom stereocenters. The van der Waals surface area contributed by atoms with E-state index >= 15 is 0 Å². The van der Waals surface area contributed by atoms with Gasteiger partial charge in [-0.3, -0.25) is 10.1 Å². The lowest BCUT2D eigenvalue weighted by molar-refractivity contribution is -0.147. The number of carbonyl (C=O) groups is 1. The number of hydrogen-bond donors (Lipinski definition) is 1. The van der Waals surface area contributed by atoms with Crippen LogP contribution in [0.15, 0.2) is 30.3 Å². The largest absolute Gasteiger partial charge is 0.468 e. The van der Waals surface area contributed by atoms with Crippen LogP contribution in [-0.2, 0) is 19.0 Å². The summed E-state index contributed by atoms with van der Waals surface area (Å²) >= 11 is 0.